The van der Waals surface area contributed by atoms with Crippen LogP contribution in [0.5, 0.6) is 5.75 Å². The molecule has 0 saturated carbocycles. The van der Waals surface area contributed by atoms with Gasteiger partial charge in [0.25, 0.3) is 5.91 Å². The van der Waals surface area contributed by atoms with E-state index in [0.717, 1.165) is 11.0 Å². The second-order valence-electron chi connectivity index (χ2n) is 5.62. The third-order valence-electron chi connectivity index (χ3n) is 3.59. The van der Waals surface area contributed by atoms with Crippen molar-refractivity contribution < 1.29 is 19.1 Å². The van der Waals surface area contributed by atoms with E-state index >= 15 is 0 Å². The molecule has 1 aromatic heterocycles. The molecular weight excluding hydrogens is 378 g/mol. The number of aromatic nitrogens is 2. The number of nitrogens with one attached hydrogen (secondary N) is 1. The van der Waals surface area contributed by atoms with E-state index in [0.29, 0.717) is 23.1 Å². The van der Waals surface area contributed by atoms with Crippen LogP contribution < -0.4 is 10.1 Å². The maximum atomic E-state index is 12.0. The van der Waals surface area contributed by atoms with Crippen LogP contribution in [0.4, 0.5) is 5.69 Å². The van der Waals surface area contributed by atoms with E-state index < -0.39 is 11.9 Å². The normalized spacial score (nSPS) is 10.5. The number of carbonyl (C=O) groups is 2. The van der Waals surface area contributed by atoms with E-state index in [9.17, 15) is 9.59 Å². The fraction of sp³-hybridized carbons (Fsp3) is 0.200. The Labute approximate surface area is 166 Å². The lowest BCUT2D eigenvalue weighted by Gasteiger charge is -2.11. The van der Waals surface area contributed by atoms with Crippen LogP contribution in [0.15, 0.2) is 59.8 Å². The number of hydrogen-bond donors (Lipinski definition) is 1. The van der Waals surface area contributed by atoms with Crippen molar-refractivity contribution in [3.63, 3.8) is 0 Å². The number of benzene rings is 2. The molecule has 1 amide bonds. The molecule has 8 heteroatoms. The van der Waals surface area contributed by atoms with Crippen LogP contribution in [0, 0.1) is 0 Å². The summed E-state index contributed by atoms with van der Waals surface area (Å²) in [6, 6.07) is 14.6. The van der Waals surface area contributed by atoms with E-state index in [-0.39, 0.29) is 12.4 Å². The molecule has 7 nitrogen and oxygen atoms in total. The van der Waals surface area contributed by atoms with Crippen LogP contribution in [0.3, 0.4) is 0 Å². The minimum absolute atomic E-state index is 0.0375. The summed E-state index contributed by atoms with van der Waals surface area (Å²) in [5.74, 6) is -0.338. The van der Waals surface area contributed by atoms with Gasteiger partial charge in [-0.3, -0.25) is 14.6 Å². The Hall–Kier alpha value is -3.13. The molecule has 0 saturated heterocycles. The van der Waals surface area contributed by atoms with E-state index in [1.54, 1.807) is 24.4 Å². The van der Waals surface area contributed by atoms with Crippen molar-refractivity contribution in [2.45, 2.75) is 11.9 Å². The van der Waals surface area contributed by atoms with Gasteiger partial charge in [0.05, 0.1) is 35.3 Å². The summed E-state index contributed by atoms with van der Waals surface area (Å²) in [6.07, 6.45) is 1.61. The number of carbonyl (C=O) groups excluding carboxylic acids is 2. The van der Waals surface area contributed by atoms with Crippen molar-refractivity contribution in [1.82, 2.24) is 9.97 Å². The highest BCUT2D eigenvalue weighted by Gasteiger charge is 2.11. The lowest BCUT2D eigenvalue weighted by Crippen LogP contribution is -2.22. The summed E-state index contributed by atoms with van der Waals surface area (Å²) in [7, 11) is 0. The van der Waals surface area contributed by atoms with Crippen molar-refractivity contribution >= 4 is 40.4 Å². The maximum Gasteiger partial charge on any atom is 0.316 e. The lowest BCUT2D eigenvalue weighted by atomic mass is 10.3. The summed E-state index contributed by atoms with van der Waals surface area (Å²) in [4.78, 5) is 32.6. The molecule has 0 atom stereocenters. The molecule has 144 valence electrons. The first-order valence-electron chi connectivity index (χ1n) is 8.67. The van der Waals surface area contributed by atoms with Crippen molar-refractivity contribution in [1.29, 1.82) is 0 Å². The van der Waals surface area contributed by atoms with Gasteiger partial charge >= 0.3 is 5.97 Å². The predicted octanol–water partition coefficient (Wildman–Crippen LogP) is 3.30. The fourth-order valence-corrected chi connectivity index (χ4v) is 3.01. The zero-order chi connectivity index (χ0) is 19.8. The molecule has 28 heavy (non-hydrogen) atoms. The Balaban J connectivity index is 1.46. The Morgan fingerprint density at radius 3 is 2.64 bits per heavy atom. The Bertz CT molecular complexity index is 980. The predicted molar refractivity (Wildman–Crippen MR) is 107 cm³/mol. The van der Waals surface area contributed by atoms with Crippen molar-refractivity contribution in [3.05, 3.63) is 54.7 Å². The van der Waals surface area contributed by atoms with E-state index in [4.69, 9.17) is 9.47 Å². The van der Waals surface area contributed by atoms with Gasteiger partial charge in [-0.25, -0.2) is 4.98 Å². The van der Waals surface area contributed by atoms with Gasteiger partial charge in [0.1, 0.15) is 10.8 Å². The van der Waals surface area contributed by atoms with Crippen molar-refractivity contribution in [2.75, 3.05) is 24.3 Å². The van der Waals surface area contributed by atoms with Gasteiger partial charge in [-0.15, -0.1) is 0 Å². The maximum absolute atomic E-state index is 12.0. The number of thioether (sulfide) groups is 1. The molecule has 1 heterocycles. The lowest BCUT2D eigenvalue weighted by molar-refractivity contribution is -0.144. The third kappa shape index (κ3) is 5.43. The largest absolute Gasteiger partial charge is 0.492 e. The zero-order valence-corrected chi connectivity index (χ0v) is 16.1. The minimum atomic E-state index is -0.506. The fourth-order valence-electron chi connectivity index (χ4n) is 2.37. The average molecular weight is 397 g/mol. The molecule has 2 aromatic carbocycles. The number of amides is 1. The third-order valence-corrected chi connectivity index (χ3v) is 4.46. The molecule has 1 N–H and O–H groups in total. The van der Waals surface area contributed by atoms with Gasteiger partial charge in [0.15, 0.2) is 6.61 Å². The highest BCUT2D eigenvalue weighted by molar-refractivity contribution is 7.99. The second-order valence-corrected chi connectivity index (χ2v) is 6.62. The summed E-state index contributed by atoms with van der Waals surface area (Å²) >= 11 is 1.21. The molecule has 3 aromatic rings. The first kappa shape index (κ1) is 19.6. The molecule has 3 rings (SSSR count). The molecule has 0 aliphatic rings. The van der Waals surface area contributed by atoms with Crippen LogP contribution >= 0.6 is 11.8 Å². The van der Waals surface area contributed by atoms with Gasteiger partial charge in [-0.05, 0) is 31.2 Å². The monoisotopic (exact) mass is 397 g/mol. The van der Waals surface area contributed by atoms with Gasteiger partial charge < -0.3 is 14.8 Å². The highest BCUT2D eigenvalue weighted by Crippen LogP contribution is 2.23. The second kappa shape index (κ2) is 9.70. The Morgan fingerprint density at radius 2 is 1.82 bits per heavy atom. The van der Waals surface area contributed by atoms with Crippen LogP contribution in [0.1, 0.15) is 6.92 Å². The summed E-state index contributed by atoms with van der Waals surface area (Å²) in [6.45, 7) is 1.97. The standard InChI is InChI=1S/C20H19N3O4S/c1-2-26-17-10-6-5-9-16(17)22-18(24)12-27-20(25)13-28-19-11-21-14-7-3-4-8-15(14)23-19/h3-11H,2,12-13H2,1H3,(H,22,24). The highest BCUT2D eigenvalue weighted by atomic mass is 32.2. The first-order chi connectivity index (χ1) is 13.7. The number of ether oxygens (including phenoxy) is 2. The first-order valence-corrected chi connectivity index (χ1v) is 9.66. The van der Waals surface area contributed by atoms with Gasteiger partial charge in [-0.2, -0.15) is 0 Å². The van der Waals surface area contributed by atoms with Gasteiger partial charge in [0.2, 0.25) is 0 Å². The minimum Gasteiger partial charge on any atom is -0.492 e. The molecule has 0 fully saturated rings. The topological polar surface area (TPSA) is 90.4 Å². The van der Waals surface area contributed by atoms with Crippen LogP contribution in [-0.4, -0.2) is 40.8 Å². The van der Waals surface area contributed by atoms with Crippen LogP contribution in [0.2, 0.25) is 0 Å². The van der Waals surface area contributed by atoms with Crippen LogP contribution in [0.25, 0.3) is 11.0 Å². The SMILES string of the molecule is CCOc1ccccc1NC(=O)COC(=O)CSc1cnc2ccccc2n1. The van der Waals surface area contributed by atoms with E-state index in [1.165, 1.54) is 11.8 Å². The van der Waals surface area contributed by atoms with E-state index in [2.05, 4.69) is 15.3 Å². The number of fused-ring (bicyclic) bond motifs is 1. The summed E-state index contributed by atoms with van der Waals surface area (Å²) in [5, 5.41) is 3.29. The van der Waals surface area contributed by atoms with Crippen molar-refractivity contribution in [2.24, 2.45) is 0 Å². The molecule has 0 aliphatic heterocycles. The average Bonchev–Trinajstić information content (AvgIpc) is 2.72. The molecule has 0 radical (unpaired) electrons. The number of para-hydroxylation sites is 4. The molecular formula is C20H19N3O4S. The van der Waals surface area contributed by atoms with Gasteiger partial charge in [-0.1, -0.05) is 36.0 Å². The zero-order valence-electron chi connectivity index (χ0n) is 15.3. The smallest absolute Gasteiger partial charge is 0.316 e. The molecule has 0 bridgehead atoms. The molecule has 0 unspecified atom stereocenters. The number of esters is 1. The summed E-state index contributed by atoms with van der Waals surface area (Å²) in [5.41, 5.74) is 2.08. The number of nitrogens with zero attached hydrogens (tertiary/aromatic N) is 2. The summed E-state index contributed by atoms with van der Waals surface area (Å²) < 4.78 is 10.5. The van der Waals surface area contributed by atoms with Crippen molar-refractivity contribution in [3.8, 4) is 5.75 Å². The number of hydrogen-bond acceptors (Lipinski definition) is 7. The Kier molecular flexibility index (Phi) is 6.80. The number of rotatable bonds is 8. The van der Waals surface area contributed by atoms with Crippen LogP contribution in [-0.2, 0) is 14.3 Å². The quantitative estimate of drug-likeness (QED) is 0.461. The molecule has 0 spiro atoms. The Morgan fingerprint density at radius 1 is 1.07 bits per heavy atom. The molecule has 0 aliphatic carbocycles. The number of anilines is 1. The van der Waals surface area contributed by atoms with Gasteiger partial charge in [0, 0.05) is 0 Å². The van der Waals surface area contributed by atoms with E-state index in [1.807, 2.05) is 37.3 Å².